The number of benzene rings is 1. The molecule has 0 radical (unpaired) electrons. The van der Waals surface area contributed by atoms with Crippen LogP contribution >= 0.6 is 16.3 Å². The first-order valence-corrected chi connectivity index (χ1v) is 5.19. The molecule has 2 aromatic rings. The monoisotopic (exact) mass is 268 g/mol. The first-order chi connectivity index (χ1) is 7.24. The lowest BCUT2D eigenvalue weighted by atomic mass is 10.2. The second kappa shape index (κ2) is 4.02. The second-order valence-electron chi connectivity index (χ2n) is 3.12. The smallest absolute Gasteiger partial charge is 0.349 e. The fourth-order valence-corrected chi connectivity index (χ4v) is 1.60. The molecule has 4 nitrogen and oxygen atoms in total. The van der Waals surface area contributed by atoms with Crippen LogP contribution in [0.4, 0.5) is 0 Å². The summed E-state index contributed by atoms with van der Waals surface area (Å²) in [5, 5.41) is 5.25. The summed E-state index contributed by atoms with van der Waals surface area (Å²) in [6, 6.07) is 5.26. The van der Waals surface area contributed by atoms with Gasteiger partial charge in [0.15, 0.2) is 16.3 Å². The van der Waals surface area contributed by atoms with Crippen molar-refractivity contribution in [1.82, 2.24) is 9.78 Å². The van der Waals surface area contributed by atoms with Gasteiger partial charge in [0.25, 0.3) is 0 Å². The first-order valence-electron chi connectivity index (χ1n) is 4.54. The summed E-state index contributed by atoms with van der Waals surface area (Å²) >= 11 is 2.66. The van der Waals surface area contributed by atoms with Crippen LogP contribution in [0.2, 0.25) is 0 Å². The zero-order chi connectivity index (χ0) is 10.8. The summed E-state index contributed by atoms with van der Waals surface area (Å²) in [4.78, 5) is 11.2. The third-order valence-electron chi connectivity index (χ3n) is 2.18. The van der Waals surface area contributed by atoms with Crippen LogP contribution in [-0.2, 0) is 10.4 Å². The second-order valence-corrected chi connectivity index (χ2v) is 3.45. The van der Waals surface area contributed by atoms with Gasteiger partial charge in [0, 0.05) is 18.1 Å². The third kappa shape index (κ3) is 1.87. The molecular formula is C10H9BrN2O2. The van der Waals surface area contributed by atoms with E-state index in [1.54, 1.807) is 18.2 Å². The van der Waals surface area contributed by atoms with Crippen LogP contribution in [0.25, 0.3) is 10.9 Å². The van der Waals surface area contributed by atoms with E-state index in [4.69, 9.17) is 0 Å². The van der Waals surface area contributed by atoms with Crippen LogP contribution < -0.4 is 0 Å². The Morgan fingerprint density at radius 1 is 1.60 bits per heavy atom. The number of aromatic nitrogens is 2. The summed E-state index contributed by atoms with van der Waals surface area (Å²) in [5.74, 6) is -0.402. The minimum absolute atomic E-state index is 0.402. The molecule has 0 bridgehead atoms. The summed E-state index contributed by atoms with van der Waals surface area (Å²) in [6.07, 6.45) is 1.90. The van der Waals surface area contributed by atoms with Crippen molar-refractivity contribution in [3.8, 4) is 0 Å². The molecule has 0 atom stereocenters. The highest BCUT2D eigenvalue weighted by Gasteiger charge is 2.08. The van der Waals surface area contributed by atoms with Crippen molar-refractivity contribution in [2.24, 2.45) is 0 Å². The number of aryl methyl sites for hydroxylation is 1. The molecule has 1 heterocycles. The SMILES string of the molecule is CCn1cc2cc(C(=O)OBr)ccc2n1. The Hall–Kier alpha value is -1.36. The Morgan fingerprint density at radius 2 is 2.40 bits per heavy atom. The van der Waals surface area contributed by atoms with Crippen LogP contribution in [0.3, 0.4) is 0 Å². The van der Waals surface area contributed by atoms with Gasteiger partial charge in [-0.05, 0) is 25.1 Å². The van der Waals surface area contributed by atoms with E-state index < -0.39 is 5.97 Å². The van der Waals surface area contributed by atoms with Gasteiger partial charge in [-0.3, -0.25) is 4.68 Å². The molecule has 0 spiro atoms. The van der Waals surface area contributed by atoms with Gasteiger partial charge in [-0.2, -0.15) is 5.10 Å². The van der Waals surface area contributed by atoms with Crippen LogP contribution in [0.5, 0.6) is 0 Å². The summed E-state index contributed by atoms with van der Waals surface area (Å²) in [5.41, 5.74) is 1.39. The third-order valence-corrected chi connectivity index (χ3v) is 2.48. The van der Waals surface area contributed by atoms with Crippen LogP contribution in [0, 0.1) is 0 Å². The fourth-order valence-electron chi connectivity index (χ4n) is 1.41. The van der Waals surface area contributed by atoms with E-state index in [2.05, 4.69) is 25.2 Å². The van der Waals surface area contributed by atoms with E-state index in [-0.39, 0.29) is 0 Å². The topological polar surface area (TPSA) is 44.1 Å². The Kier molecular flexibility index (Phi) is 2.73. The highest BCUT2D eigenvalue weighted by Crippen LogP contribution is 2.15. The molecule has 5 heteroatoms. The van der Waals surface area contributed by atoms with Crippen LogP contribution in [-0.4, -0.2) is 15.7 Å². The molecule has 0 aliphatic rings. The number of hydrogen-bond acceptors (Lipinski definition) is 3. The molecule has 0 saturated carbocycles. The number of rotatable bonds is 2. The average molecular weight is 269 g/mol. The number of carbonyl (C=O) groups excluding carboxylic acids is 1. The van der Waals surface area contributed by atoms with Crippen molar-refractivity contribution in [2.45, 2.75) is 13.5 Å². The molecule has 0 saturated heterocycles. The Labute approximate surface area is 95.3 Å². The van der Waals surface area contributed by atoms with Crippen molar-refractivity contribution in [3.63, 3.8) is 0 Å². The highest BCUT2D eigenvalue weighted by molar-refractivity contribution is 9.06. The van der Waals surface area contributed by atoms with E-state index in [0.717, 1.165) is 17.4 Å². The minimum atomic E-state index is -0.402. The van der Waals surface area contributed by atoms with Gasteiger partial charge in [-0.1, -0.05) is 0 Å². The number of hydrogen-bond donors (Lipinski definition) is 0. The van der Waals surface area contributed by atoms with E-state index >= 15 is 0 Å². The van der Waals surface area contributed by atoms with E-state index in [1.165, 1.54) is 0 Å². The molecule has 78 valence electrons. The molecule has 1 aromatic heterocycles. The Bertz CT molecular complexity index is 507. The predicted molar refractivity (Wildman–Crippen MR) is 59.7 cm³/mol. The van der Waals surface area contributed by atoms with Crippen molar-refractivity contribution in [2.75, 3.05) is 0 Å². The molecule has 0 unspecified atom stereocenters. The molecule has 2 rings (SSSR count). The molecule has 0 aliphatic carbocycles. The van der Waals surface area contributed by atoms with E-state index in [9.17, 15) is 4.79 Å². The molecule has 0 amide bonds. The lowest BCUT2D eigenvalue weighted by Gasteiger charge is -1.95. The normalized spacial score (nSPS) is 10.5. The molecule has 0 fully saturated rings. The number of halogens is 1. The summed E-state index contributed by atoms with van der Waals surface area (Å²) in [6.45, 7) is 2.83. The fraction of sp³-hybridized carbons (Fsp3) is 0.200. The minimum Gasteiger partial charge on any atom is -0.380 e. The number of fused-ring (bicyclic) bond motifs is 1. The van der Waals surface area contributed by atoms with Gasteiger partial charge in [-0.25, -0.2) is 4.79 Å². The summed E-state index contributed by atoms with van der Waals surface area (Å²) < 4.78 is 6.29. The zero-order valence-corrected chi connectivity index (χ0v) is 9.69. The van der Waals surface area contributed by atoms with Crippen molar-refractivity contribution in [3.05, 3.63) is 30.0 Å². The molecular weight excluding hydrogens is 260 g/mol. The van der Waals surface area contributed by atoms with Gasteiger partial charge < -0.3 is 3.83 Å². The zero-order valence-electron chi connectivity index (χ0n) is 8.11. The number of carbonyl (C=O) groups is 1. The molecule has 1 aromatic carbocycles. The maximum absolute atomic E-state index is 11.2. The van der Waals surface area contributed by atoms with Crippen molar-refractivity contribution < 1.29 is 8.62 Å². The molecule has 0 N–H and O–H groups in total. The first kappa shape index (κ1) is 10.2. The van der Waals surface area contributed by atoms with Gasteiger partial charge in [0.2, 0.25) is 0 Å². The standard InChI is InChI=1S/C10H9BrN2O2/c1-2-13-6-8-5-7(10(14)15-11)3-4-9(8)12-13/h3-6H,2H2,1H3. The predicted octanol–water partition coefficient (Wildman–Crippen LogP) is 2.52. The summed E-state index contributed by atoms with van der Waals surface area (Å²) in [7, 11) is 0. The Morgan fingerprint density at radius 3 is 3.07 bits per heavy atom. The number of nitrogens with zero attached hydrogens (tertiary/aromatic N) is 2. The van der Waals surface area contributed by atoms with Crippen molar-refractivity contribution in [1.29, 1.82) is 0 Å². The largest absolute Gasteiger partial charge is 0.380 e. The van der Waals surface area contributed by atoms with E-state index in [0.29, 0.717) is 5.56 Å². The average Bonchev–Trinajstić information content (AvgIpc) is 2.69. The quantitative estimate of drug-likeness (QED) is 0.841. The van der Waals surface area contributed by atoms with Crippen LogP contribution in [0.15, 0.2) is 24.4 Å². The van der Waals surface area contributed by atoms with Crippen LogP contribution in [0.1, 0.15) is 17.3 Å². The van der Waals surface area contributed by atoms with Gasteiger partial charge in [0.05, 0.1) is 11.1 Å². The van der Waals surface area contributed by atoms with Gasteiger partial charge >= 0.3 is 5.97 Å². The van der Waals surface area contributed by atoms with Crippen molar-refractivity contribution >= 4 is 33.1 Å². The molecule has 0 aliphatic heterocycles. The van der Waals surface area contributed by atoms with Gasteiger partial charge in [0.1, 0.15) is 0 Å². The lowest BCUT2D eigenvalue weighted by Crippen LogP contribution is -1.96. The highest BCUT2D eigenvalue weighted by atomic mass is 79.9. The lowest BCUT2D eigenvalue weighted by molar-refractivity contribution is 0.0782. The van der Waals surface area contributed by atoms with E-state index in [1.807, 2.05) is 17.8 Å². The van der Waals surface area contributed by atoms with Gasteiger partial charge in [-0.15, -0.1) is 0 Å². The maximum Gasteiger partial charge on any atom is 0.349 e. The maximum atomic E-state index is 11.2. The molecule has 15 heavy (non-hydrogen) atoms. The Balaban J connectivity index is 2.50.